The summed E-state index contributed by atoms with van der Waals surface area (Å²) in [6.45, 7) is 0. The Balaban J connectivity index is 0.00000280. The number of hydrogen-bond donors (Lipinski definition) is 2. The van der Waals surface area contributed by atoms with E-state index in [0.29, 0.717) is 17.6 Å². The van der Waals surface area contributed by atoms with Crippen LogP contribution < -0.4 is 0 Å². The van der Waals surface area contributed by atoms with Crippen molar-refractivity contribution in [2.75, 3.05) is 0 Å². The van der Waals surface area contributed by atoms with Crippen molar-refractivity contribution < 1.29 is 10.0 Å². The molecule has 1 aliphatic rings. The fourth-order valence-corrected chi connectivity index (χ4v) is 6.10. The molecule has 5 aromatic rings. The van der Waals surface area contributed by atoms with E-state index in [1.807, 2.05) is 53.1 Å². The summed E-state index contributed by atoms with van der Waals surface area (Å²) in [5.74, 6) is 2.84. The molecular formula is C31H24BNO2S2. The molecule has 0 saturated carbocycles. The molecule has 4 aromatic carbocycles. The van der Waals surface area contributed by atoms with Gasteiger partial charge in [0.15, 0.2) is 0 Å². The fraction of sp³-hybridized carbons (Fsp3) is 0.0323. The van der Waals surface area contributed by atoms with Crippen LogP contribution in [0.15, 0.2) is 118 Å². The molecule has 0 amide bonds. The van der Waals surface area contributed by atoms with Crippen LogP contribution >= 0.6 is 25.3 Å². The van der Waals surface area contributed by atoms with E-state index in [1.54, 1.807) is 17.8 Å². The van der Waals surface area contributed by atoms with E-state index in [2.05, 4.69) is 54.5 Å². The minimum atomic E-state index is -1.64. The molecule has 6 rings (SSSR count). The van der Waals surface area contributed by atoms with Gasteiger partial charge in [-0.2, -0.15) is 13.5 Å². The van der Waals surface area contributed by atoms with Crippen LogP contribution in [0.4, 0.5) is 0 Å². The monoisotopic (exact) mass is 517 g/mol. The Kier molecular flexibility index (Phi) is 7.05. The summed E-state index contributed by atoms with van der Waals surface area (Å²) in [6, 6.07) is 32.9. The Bertz CT molecular complexity index is 1700. The number of terminal acetylenes is 1. The summed E-state index contributed by atoms with van der Waals surface area (Å²) in [7, 11) is -1.64. The third kappa shape index (κ3) is 4.52. The van der Waals surface area contributed by atoms with E-state index >= 15 is 0 Å². The molecule has 0 radical (unpaired) electrons. The van der Waals surface area contributed by atoms with E-state index in [9.17, 15) is 10.0 Å². The average Bonchev–Trinajstić information content (AvgIpc) is 3.49. The van der Waals surface area contributed by atoms with Gasteiger partial charge < -0.3 is 14.6 Å². The number of nitrogens with zero attached hydrogens (tertiary/aromatic N) is 1. The lowest BCUT2D eigenvalue weighted by atomic mass is 9.77. The van der Waals surface area contributed by atoms with Crippen LogP contribution in [0.2, 0.25) is 0 Å². The molecule has 1 aliphatic heterocycles. The summed E-state index contributed by atoms with van der Waals surface area (Å²) in [6.07, 6.45) is 8.49. The quantitative estimate of drug-likeness (QED) is 0.207. The van der Waals surface area contributed by atoms with Crippen LogP contribution in [0.25, 0.3) is 38.6 Å². The molecule has 2 heterocycles. The van der Waals surface area contributed by atoms with Crippen molar-refractivity contribution in [3.63, 3.8) is 0 Å². The van der Waals surface area contributed by atoms with Crippen molar-refractivity contribution in [1.82, 2.24) is 4.57 Å². The molecule has 0 saturated heterocycles. The number of aromatic nitrogens is 1. The Hall–Kier alpha value is -3.60. The summed E-state index contributed by atoms with van der Waals surface area (Å²) >= 11 is 1.57. The highest BCUT2D eigenvalue weighted by atomic mass is 32.2. The minimum Gasteiger partial charge on any atom is -0.423 e. The molecule has 0 aliphatic carbocycles. The van der Waals surface area contributed by atoms with Gasteiger partial charge in [-0.1, -0.05) is 96.5 Å². The third-order valence-corrected chi connectivity index (χ3v) is 7.86. The van der Waals surface area contributed by atoms with Gasteiger partial charge in [0.05, 0.1) is 16.7 Å². The van der Waals surface area contributed by atoms with Crippen LogP contribution in [-0.4, -0.2) is 21.7 Å². The zero-order valence-corrected chi connectivity index (χ0v) is 21.7. The smallest absolute Gasteiger partial charge is 0.423 e. The van der Waals surface area contributed by atoms with Crippen molar-refractivity contribution >= 4 is 59.9 Å². The second-order valence-corrected chi connectivity index (χ2v) is 9.90. The van der Waals surface area contributed by atoms with Gasteiger partial charge in [0.25, 0.3) is 0 Å². The number of para-hydroxylation sites is 1. The molecule has 0 unspecified atom stereocenters. The van der Waals surface area contributed by atoms with E-state index in [1.165, 1.54) is 5.56 Å². The molecule has 1 aromatic heterocycles. The van der Waals surface area contributed by atoms with E-state index in [0.717, 1.165) is 42.7 Å². The molecule has 3 nitrogen and oxygen atoms in total. The number of allylic oxidation sites excluding steroid dienone is 4. The summed E-state index contributed by atoms with van der Waals surface area (Å²) in [4.78, 5) is 2.02. The highest BCUT2D eigenvalue weighted by Crippen LogP contribution is 2.42. The number of thioether (sulfide) groups is 1. The molecule has 6 heteroatoms. The lowest BCUT2D eigenvalue weighted by Gasteiger charge is -2.11. The molecule has 37 heavy (non-hydrogen) atoms. The van der Waals surface area contributed by atoms with Gasteiger partial charge in [0, 0.05) is 22.1 Å². The highest BCUT2D eigenvalue weighted by Gasteiger charge is 2.25. The van der Waals surface area contributed by atoms with E-state index in [-0.39, 0.29) is 13.5 Å². The second-order valence-electron chi connectivity index (χ2n) is 8.76. The SMILES string of the molecule is C#C/C(=C\C(B(O)O)=C1/Cc2ccccc2S1)n1c2ccccc2c2ccc(-c3ccccc3)cc21.S. The summed E-state index contributed by atoms with van der Waals surface area (Å²) in [5.41, 5.74) is 6.31. The first-order chi connectivity index (χ1) is 17.6. The molecule has 180 valence electrons. The maximum absolute atomic E-state index is 10.4. The standard InChI is InChI=1S/C31H22BNO2S.H2S/c1-2-24(20-27(32(34)35)31-19-23-12-6-9-15-30(23)36-31)33-28-14-8-7-13-25(28)26-17-16-22(18-29(26)33)21-10-4-3-5-11-21;/h1,3-18,20,34-35H,19H2;1H2/b24-20+,31-27-;. The van der Waals surface area contributed by atoms with Crippen LogP contribution in [-0.2, 0) is 6.42 Å². The second kappa shape index (κ2) is 10.4. The number of benzene rings is 4. The topological polar surface area (TPSA) is 45.4 Å². The van der Waals surface area contributed by atoms with Gasteiger partial charge >= 0.3 is 7.12 Å². The van der Waals surface area contributed by atoms with Gasteiger partial charge in [-0.25, -0.2) is 0 Å². The molecule has 0 bridgehead atoms. The Labute approximate surface area is 227 Å². The number of rotatable bonds is 4. The van der Waals surface area contributed by atoms with Crippen LogP contribution in [0, 0.1) is 12.3 Å². The molecule has 2 N–H and O–H groups in total. The minimum absolute atomic E-state index is 0. The van der Waals surface area contributed by atoms with Crippen molar-refractivity contribution in [2.45, 2.75) is 11.3 Å². The first-order valence-corrected chi connectivity index (χ1v) is 12.6. The van der Waals surface area contributed by atoms with Gasteiger partial charge in [-0.3, -0.25) is 0 Å². The normalized spacial score (nSPS) is 14.2. The lowest BCUT2D eigenvalue weighted by molar-refractivity contribution is 0.420. The van der Waals surface area contributed by atoms with Gasteiger partial charge in [-0.15, -0.1) is 6.42 Å². The van der Waals surface area contributed by atoms with Crippen LogP contribution in [0.5, 0.6) is 0 Å². The van der Waals surface area contributed by atoms with Crippen molar-refractivity contribution in [3.05, 3.63) is 119 Å². The van der Waals surface area contributed by atoms with E-state index in [4.69, 9.17) is 6.42 Å². The fourth-order valence-electron chi connectivity index (χ4n) is 4.91. The highest BCUT2D eigenvalue weighted by molar-refractivity contribution is 8.03. The summed E-state index contributed by atoms with van der Waals surface area (Å²) < 4.78 is 2.05. The zero-order chi connectivity index (χ0) is 24.6. The number of fused-ring (bicyclic) bond motifs is 4. The largest absolute Gasteiger partial charge is 0.489 e. The third-order valence-electron chi connectivity index (χ3n) is 6.62. The maximum atomic E-state index is 10.4. The molecule has 0 atom stereocenters. The van der Waals surface area contributed by atoms with Gasteiger partial charge in [-0.05, 0) is 51.3 Å². The summed E-state index contributed by atoms with van der Waals surface area (Å²) in [5, 5.41) is 22.9. The van der Waals surface area contributed by atoms with E-state index < -0.39 is 7.12 Å². The molecule has 0 spiro atoms. The Morgan fingerprint density at radius 2 is 1.54 bits per heavy atom. The predicted octanol–water partition coefficient (Wildman–Crippen LogP) is 6.66. The van der Waals surface area contributed by atoms with Crippen LogP contribution in [0.1, 0.15) is 5.56 Å². The lowest BCUT2D eigenvalue weighted by Crippen LogP contribution is -2.16. The average molecular weight is 517 g/mol. The Morgan fingerprint density at radius 3 is 2.30 bits per heavy atom. The van der Waals surface area contributed by atoms with Crippen molar-refractivity contribution in [2.24, 2.45) is 0 Å². The maximum Gasteiger partial charge on any atom is 0.489 e. The molecular weight excluding hydrogens is 493 g/mol. The van der Waals surface area contributed by atoms with Gasteiger partial charge in [0.2, 0.25) is 0 Å². The number of hydrogen-bond acceptors (Lipinski definition) is 3. The first-order valence-electron chi connectivity index (χ1n) is 11.8. The Morgan fingerprint density at radius 1 is 0.838 bits per heavy atom. The first kappa shape index (κ1) is 25.1. The van der Waals surface area contributed by atoms with Crippen molar-refractivity contribution in [3.8, 4) is 23.5 Å². The van der Waals surface area contributed by atoms with Crippen molar-refractivity contribution in [1.29, 1.82) is 0 Å². The predicted molar refractivity (Wildman–Crippen MR) is 162 cm³/mol. The zero-order valence-electron chi connectivity index (χ0n) is 19.9. The van der Waals surface area contributed by atoms with Crippen LogP contribution in [0.3, 0.4) is 0 Å². The van der Waals surface area contributed by atoms with Gasteiger partial charge in [0.1, 0.15) is 0 Å². The molecule has 0 fully saturated rings.